The molecule has 0 aliphatic heterocycles. The lowest BCUT2D eigenvalue weighted by Crippen LogP contribution is -2.21. The van der Waals surface area contributed by atoms with Crippen LogP contribution in [-0.4, -0.2) is 13.7 Å². The van der Waals surface area contributed by atoms with Gasteiger partial charge in [-0.15, -0.1) is 11.6 Å². The Hall–Kier alpha value is -1.31. The second-order valence-corrected chi connectivity index (χ2v) is 5.87. The summed E-state index contributed by atoms with van der Waals surface area (Å²) in [6.07, 6.45) is 2.05. The van der Waals surface area contributed by atoms with Gasteiger partial charge in [-0.3, -0.25) is 0 Å². The zero-order chi connectivity index (χ0) is 13.9. The second-order valence-electron chi connectivity index (χ2n) is 5.40. The van der Waals surface area contributed by atoms with E-state index >= 15 is 0 Å². The number of hydrogen-bond acceptors (Lipinski definition) is 1. The van der Waals surface area contributed by atoms with Gasteiger partial charge < -0.3 is 4.74 Å². The van der Waals surface area contributed by atoms with Crippen LogP contribution in [0.15, 0.2) is 48.5 Å². The van der Waals surface area contributed by atoms with Gasteiger partial charge in [0, 0.05) is 13.0 Å². The molecule has 0 fully saturated rings. The highest BCUT2D eigenvalue weighted by Crippen LogP contribution is 2.46. The fourth-order valence-corrected chi connectivity index (χ4v) is 3.25. The summed E-state index contributed by atoms with van der Waals surface area (Å²) in [5, 5.41) is 0.0707. The first-order chi connectivity index (χ1) is 9.79. The van der Waals surface area contributed by atoms with E-state index in [9.17, 15) is 0 Å². The predicted molar refractivity (Wildman–Crippen MR) is 83.5 cm³/mol. The molecule has 0 radical (unpaired) electrons. The van der Waals surface area contributed by atoms with E-state index in [0.717, 1.165) is 19.4 Å². The number of ether oxygens (including phenoxy) is 1. The Kier molecular flexibility index (Phi) is 4.09. The minimum atomic E-state index is 0.0707. The van der Waals surface area contributed by atoms with Crippen molar-refractivity contribution in [3.8, 4) is 0 Å². The van der Waals surface area contributed by atoms with Gasteiger partial charge in [0.15, 0.2) is 0 Å². The van der Waals surface area contributed by atoms with Crippen molar-refractivity contribution in [1.29, 1.82) is 0 Å². The topological polar surface area (TPSA) is 9.23 Å². The number of hydrogen-bond donors (Lipinski definition) is 0. The largest absolute Gasteiger partial charge is 0.384 e. The van der Waals surface area contributed by atoms with E-state index in [2.05, 4.69) is 48.5 Å². The molecule has 20 heavy (non-hydrogen) atoms. The van der Waals surface area contributed by atoms with Crippen LogP contribution in [0.5, 0.6) is 0 Å². The summed E-state index contributed by atoms with van der Waals surface area (Å²) >= 11 is 6.67. The van der Waals surface area contributed by atoms with Crippen molar-refractivity contribution < 1.29 is 4.74 Å². The van der Waals surface area contributed by atoms with Gasteiger partial charge in [-0.1, -0.05) is 48.5 Å². The molecule has 0 spiro atoms. The van der Waals surface area contributed by atoms with E-state index in [1.54, 1.807) is 7.11 Å². The molecule has 1 nitrogen and oxygen atoms in total. The quantitative estimate of drug-likeness (QED) is 0.736. The first-order valence-electron chi connectivity index (χ1n) is 7.09. The van der Waals surface area contributed by atoms with Crippen LogP contribution in [0, 0.1) is 0 Å². The number of fused-ring (bicyclic) bond motifs is 1. The van der Waals surface area contributed by atoms with Gasteiger partial charge in [-0.2, -0.15) is 0 Å². The number of methoxy groups -OCH3 is 1. The molecule has 0 heterocycles. The lowest BCUT2D eigenvalue weighted by molar-refractivity contribution is 0.202. The van der Waals surface area contributed by atoms with Crippen molar-refractivity contribution in [3.05, 3.63) is 70.8 Å². The van der Waals surface area contributed by atoms with Gasteiger partial charge in [0.25, 0.3) is 0 Å². The van der Waals surface area contributed by atoms with Gasteiger partial charge in [0.1, 0.15) is 0 Å². The molecule has 0 saturated heterocycles. The van der Waals surface area contributed by atoms with E-state index in [4.69, 9.17) is 16.3 Å². The van der Waals surface area contributed by atoms with Crippen molar-refractivity contribution in [2.45, 2.75) is 24.1 Å². The average Bonchev–Trinajstić information content (AvgIpc) is 2.47. The SMILES string of the molecule is COCCc1ccc(C(Cl)C2Cc3ccccc32)cc1. The van der Waals surface area contributed by atoms with Crippen LogP contribution in [0.2, 0.25) is 0 Å². The van der Waals surface area contributed by atoms with E-state index in [-0.39, 0.29) is 5.38 Å². The van der Waals surface area contributed by atoms with E-state index in [1.165, 1.54) is 22.3 Å². The molecule has 0 aromatic heterocycles. The third-order valence-electron chi connectivity index (χ3n) is 4.14. The lowest BCUT2D eigenvalue weighted by Gasteiger charge is -2.33. The molecule has 2 atom stereocenters. The maximum Gasteiger partial charge on any atom is 0.0657 e. The van der Waals surface area contributed by atoms with Gasteiger partial charge in [0.2, 0.25) is 0 Å². The van der Waals surface area contributed by atoms with Crippen LogP contribution in [-0.2, 0) is 17.6 Å². The molecule has 2 aromatic carbocycles. The highest BCUT2D eigenvalue weighted by Gasteiger charge is 2.32. The Morgan fingerprint density at radius 1 is 1.15 bits per heavy atom. The lowest BCUT2D eigenvalue weighted by atomic mass is 9.74. The highest BCUT2D eigenvalue weighted by molar-refractivity contribution is 6.21. The fraction of sp³-hybridized carbons (Fsp3) is 0.333. The minimum absolute atomic E-state index is 0.0707. The van der Waals surface area contributed by atoms with Gasteiger partial charge in [0.05, 0.1) is 12.0 Å². The highest BCUT2D eigenvalue weighted by atomic mass is 35.5. The second kappa shape index (κ2) is 5.99. The van der Waals surface area contributed by atoms with Crippen LogP contribution in [0.25, 0.3) is 0 Å². The number of benzene rings is 2. The summed E-state index contributed by atoms with van der Waals surface area (Å²) in [4.78, 5) is 0. The van der Waals surface area contributed by atoms with Crippen molar-refractivity contribution in [1.82, 2.24) is 0 Å². The van der Waals surface area contributed by atoms with Gasteiger partial charge in [-0.05, 0) is 35.1 Å². The Balaban J connectivity index is 1.71. The maximum atomic E-state index is 6.67. The Morgan fingerprint density at radius 2 is 1.90 bits per heavy atom. The Morgan fingerprint density at radius 3 is 2.60 bits per heavy atom. The minimum Gasteiger partial charge on any atom is -0.384 e. The maximum absolute atomic E-state index is 6.67. The molecular formula is C18H19ClO. The summed E-state index contributed by atoms with van der Waals surface area (Å²) in [7, 11) is 1.73. The first-order valence-corrected chi connectivity index (χ1v) is 7.53. The zero-order valence-corrected chi connectivity index (χ0v) is 12.4. The molecule has 1 aliphatic carbocycles. The van der Waals surface area contributed by atoms with E-state index in [0.29, 0.717) is 5.92 Å². The smallest absolute Gasteiger partial charge is 0.0657 e. The molecular weight excluding hydrogens is 268 g/mol. The summed E-state index contributed by atoms with van der Waals surface area (Å²) in [5.41, 5.74) is 5.37. The van der Waals surface area contributed by atoms with Gasteiger partial charge in [-0.25, -0.2) is 0 Å². The normalized spacial score (nSPS) is 18.2. The molecule has 0 saturated carbocycles. The van der Waals surface area contributed by atoms with Crippen molar-refractivity contribution in [2.75, 3.05) is 13.7 Å². The zero-order valence-electron chi connectivity index (χ0n) is 11.7. The van der Waals surface area contributed by atoms with Crippen LogP contribution >= 0.6 is 11.6 Å². The van der Waals surface area contributed by atoms with Crippen molar-refractivity contribution in [3.63, 3.8) is 0 Å². The number of halogens is 1. The number of alkyl halides is 1. The summed E-state index contributed by atoms with van der Waals surface area (Å²) < 4.78 is 5.10. The molecule has 0 N–H and O–H groups in total. The molecule has 0 bridgehead atoms. The van der Waals surface area contributed by atoms with Gasteiger partial charge >= 0.3 is 0 Å². The first kappa shape index (κ1) is 13.7. The third-order valence-corrected chi connectivity index (χ3v) is 4.70. The van der Waals surface area contributed by atoms with Crippen molar-refractivity contribution in [2.24, 2.45) is 0 Å². The van der Waals surface area contributed by atoms with Crippen molar-refractivity contribution >= 4 is 11.6 Å². The molecule has 1 aliphatic rings. The summed E-state index contributed by atoms with van der Waals surface area (Å²) in [6, 6.07) is 17.2. The van der Waals surface area contributed by atoms with E-state index < -0.39 is 0 Å². The number of rotatable bonds is 5. The van der Waals surface area contributed by atoms with E-state index in [1.807, 2.05) is 0 Å². The summed E-state index contributed by atoms with van der Waals surface area (Å²) in [6.45, 7) is 0.764. The molecule has 2 aromatic rings. The van der Waals surface area contributed by atoms with Crippen LogP contribution < -0.4 is 0 Å². The van der Waals surface area contributed by atoms with Crippen LogP contribution in [0.4, 0.5) is 0 Å². The monoisotopic (exact) mass is 286 g/mol. The molecule has 104 valence electrons. The third kappa shape index (κ3) is 2.61. The standard InChI is InChI=1S/C18H19ClO/c1-20-11-10-13-6-8-14(9-7-13)18(19)17-12-15-4-2-3-5-16(15)17/h2-9,17-18H,10-12H2,1H3. The van der Waals surface area contributed by atoms with Crippen LogP contribution in [0.3, 0.4) is 0 Å². The predicted octanol–water partition coefficient (Wildman–Crippen LogP) is 4.50. The molecule has 3 rings (SSSR count). The summed E-state index contributed by atoms with van der Waals surface area (Å²) in [5.74, 6) is 0.456. The molecule has 0 amide bonds. The molecule has 2 heteroatoms. The molecule has 2 unspecified atom stereocenters. The Labute approximate surface area is 125 Å². The fourth-order valence-electron chi connectivity index (χ4n) is 2.88. The van der Waals surface area contributed by atoms with Crippen LogP contribution in [0.1, 0.15) is 33.5 Å². The Bertz CT molecular complexity index is 576. The average molecular weight is 287 g/mol.